The van der Waals surface area contributed by atoms with Crippen molar-refractivity contribution in [3.63, 3.8) is 0 Å². The van der Waals surface area contributed by atoms with E-state index in [0.29, 0.717) is 17.7 Å². The number of rotatable bonds is 4. The first kappa shape index (κ1) is 22.0. The Morgan fingerprint density at radius 2 is 1.94 bits per heavy atom. The fourth-order valence-corrected chi connectivity index (χ4v) is 4.97. The average Bonchev–Trinajstić information content (AvgIpc) is 2.82. The normalized spacial score (nSPS) is 24.8. The molecule has 2 atom stereocenters. The molecule has 3 saturated heterocycles. The summed E-state index contributed by atoms with van der Waals surface area (Å²) in [5, 5.41) is 11.5. The second kappa shape index (κ2) is 9.20. The van der Waals surface area contributed by atoms with E-state index in [1.165, 1.54) is 4.68 Å². The molecule has 3 aliphatic heterocycles. The zero-order chi connectivity index (χ0) is 22.9. The second-order valence-electron chi connectivity index (χ2n) is 9.02. The van der Waals surface area contributed by atoms with Gasteiger partial charge in [-0.25, -0.2) is 4.68 Å². The third kappa shape index (κ3) is 4.50. The average molecular weight is 455 g/mol. The Morgan fingerprint density at radius 1 is 1.12 bits per heavy atom. The molecule has 1 aromatic heterocycles. The lowest BCUT2D eigenvalue weighted by Gasteiger charge is -2.38. The number of fused-ring (bicyclic) bond motifs is 1. The summed E-state index contributed by atoms with van der Waals surface area (Å²) in [7, 11) is 0. The topological polar surface area (TPSA) is 109 Å². The highest BCUT2D eigenvalue weighted by Gasteiger charge is 2.30. The fourth-order valence-electron chi connectivity index (χ4n) is 4.97. The van der Waals surface area contributed by atoms with Gasteiger partial charge in [-0.2, -0.15) is 5.10 Å². The van der Waals surface area contributed by atoms with E-state index in [9.17, 15) is 14.4 Å². The molecule has 3 aliphatic rings. The Morgan fingerprint density at radius 3 is 2.73 bits per heavy atom. The summed E-state index contributed by atoms with van der Waals surface area (Å²) in [5.74, 6) is -0.785. The number of nitrogens with one attached hydrogen (secondary N) is 2. The van der Waals surface area contributed by atoms with Crippen molar-refractivity contribution >= 4 is 28.3 Å². The molecule has 1 unspecified atom stereocenters. The van der Waals surface area contributed by atoms with Gasteiger partial charge in [-0.15, -0.1) is 0 Å². The zero-order valence-corrected chi connectivity index (χ0v) is 18.9. The third-order valence-corrected chi connectivity index (χ3v) is 6.77. The van der Waals surface area contributed by atoms with Gasteiger partial charge in [0, 0.05) is 63.3 Å². The maximum atomic E-state index is 13.2. The molecule has 5 rings (SSSR count). The predicted octanol–water partition coefficient (Wildman–Crippen LogP) is -0.207. The van der Waals surface area contributed by atoms with E-state index in [2.05, 4.69) is 25.5 Å². The van der Waals surface area contributed by atoms with E-state index < -0.39 is 11.9 Å². The molecule has 0 radical (unpaired) electrons. The van der Waals surface area contributed by atoms with Gasteiger partial charge in [-0.3, -0.25) is 24.6 Å². The number of carbonyl (C=O) groups is 2. The first-order valence-electron chi connectivity index (χ1n) is 11.7. The number of piperazine rings is 1. The van der Waals surface area contributed by atoms with Crippen molar-refractivity contribution in [3.8, 4) is 0 Å². The van der Waals surface area contributed by atoms with Crippen LogP contribution >= 0.6 is 0 Å². The number of morpholine rings is 1. The van der Waals surface area contributed by atoms with Gasteiger partial charge in [0.15, 0.2) is 0 Å². The van der Waals surface area contributed by atoms with E-state index in [4.69, 9.17) is 4.74 Å². The molecular weight excluding hydrogens is 424 g/mol. The molecule has 10 heteroatoms. The van der Waals surface area contributed by atoms with Gasteiger partial charge in [0.25, 0.3) is 11.5 Å². The quantitative estimate of drug-likeness (QED) is 0.611. The first-order valence-corrected chi connectivity index (χ1v) is 11.7. The van der Waals surface area contributed by atoms with Crippen LogP contribution in [0, 0.1) is 6.92 Å². The summed E-state index contributed by atoms with van der Waals surface area (Å²) in [5.41, 5.74) is 1.41. The summed E-state index contributed by atoms with van der Waals surface area (Å²) >= 11 is 0. The highest BCUT2D eigenvalue weighted by molar-refractivity contribution is 5.99. The highest BCUT2D eigenvalue weighted by atomic mass is 16.5. The number of aryl methyl sites for hydroxylation is 1. The molecule has 10 nitrogen and oxygen atoms in total. The molecule has 2 N–H and O–H groups in total. The van der Waals surface area contributed by atoms with Crippen molar-refractivity contribution in [1.82, 2.24) is 25.3 Å². The van der Waals surface area contributed by atoms with E-state index in [0.717, 1.165) is 56.9 Å². The molecule has 2 aromatic rings. The van der Waals surface area contributed by atoms with Crippen molar-refractivity contribution in [2.45, 2.75) is 31.9 Å². The van der Waals surface area contributed by atoms with Crippen LogP contribution in [0.2, 0.25) is 0 Å². The lowest BCUT2D eigenvalue weighted by Crippen LogP contribution is -2.51. The first-order chi connectivity index (χ1) is 16.0. The van der Waals surface area contributed by atoms with Gasteiger partial charge in [-0.05, 0) is 31.5 Å². The Kier molecular flexibility index (Phi) is 6.13. The lowest BCUT2D eigenvalue weighted by atomic mass is 10.1. The van der Waals surface area contributed by atoms with Gasteiger partial charge in [0.1, 0.15) is 6.04 Å². The molecule has 0 bridgehead atoms. The van der Waals surface area contributed by atoms with Crippen LogP contribution < -0.4 is 21.1 Å². The highest BCUT2D eigenvalue weighted by Crippen LogP contribution is 2.25. The molecule has 2 amide bonds. The maximum absolute atomic E-state index is 13.2. The summed E-state index contributed by atoms with van der Waals surface area (Å²) in [6.45, 7) is 9.15. The molecular formula is C23H30N6O4. The number of amides is 2. The van der Waals surface area contributed by atoms with Crippen LogP contribution in [0.25, 0.3) is 10.8 Å². The van der Waals surface area contributed by atoms with Crippen LogP contribution in [-0.4, -0.2) is 85.0 Å². The van der Waals surface area contributed by atoms with E-state index in [1.807, 2.05) is 25.1 Å². The van der Waals surface area contributed by atoms with Gasteiger partial charge in [-0.1, -0.05) is 0 Å². The summed E-state index contributed by atoms with van der Waals surface area (Å²) in [6, 6.07) is 5.04. The number of hydrogen-bond donors (Lipinski definition) is 2. The molecule has 3 fully saturated rings. The standard InChI is InChI=1S/C23H30N6O4/c1-15-19-12-16(28-10-11-33-17(14-28)13-27-8-6-24-7-9-27)2-3-18(19)23(32)29(26-15)20-4-5-21(30)25-22(20)31/h2-3,12,17,20,24H,4-11,13-14H2,1H3,(H,25,30,31)/t17-,20?/m1/s1. The third-order valence-electron chi connectivity index (χ3n) is 6.77. The van der Waals surface area contributed by atoms with Crippen molar-refractivity contribution in [2.24, 2.45) is 0 Å². The minimum Gasteiger partial charge on any atom is -0.373 e. The molecule has 33 heavy (non-hydrogen) atoms. The minimum atomic E-state index is -0.761. The molecule has 0 spiro atoms. The van der Waals surface area contributed by atoms with Crippen molar-refractivity contribution in [3.05, 3.63) is 34.2 Å². The smallest absolute Gasteiger partial charge is 0.275 e. The van der Waals surface area contributed by atoms with Crippen molar-refractivity contribution < 1.29 is 14.3 Å². The van der Waals surface area contributed by atoms with Gasteiger partial charge < -0.3 is 15.0 Å². The number of imide groups is 1. The van der Waals surface area contributed by atoms with Crippen LogP contribution in [-0.2, 0) is 14.3 Å². The zero-order valence-electron chi connectivity index (χ0n) is 18.9. The second-order valence-corrected chi connectivity index (χ2v) is 9.02. The van der Waals surface area contributed by atoms with Gasteiger partial charge in [0.05, 0.1) is 23.8 Å². The molecule has 0 saturated carbocycles. The number of piperidine rings is 1. The molecule has 1 aromatic carbocycles. The van der Waals surface area contributed by atoms with Crippen molar-refractivity contribution in [1.29, 1.82) is 0 Å². The number of anilines is 1. The molecule has 176 valence electrons. The number of hydrogen-bond acceptors (Lipinski definition) is 8. The lowest BCUT2D eigenvalue weighted by molar-refractivity contribution is -0.136. The fraction of sp³-hybridized carbons (Fsp3) is 0.565. The largest absolute Gasteiger partial charge is 0.373 e. The van der Waals surface area contributed by atoms with Crippen LogP contribution in [0.5, 0.6) is 0 Å². The minimum absolute atomic E-state index is 0.146. The van der Waals surface area contributed by atoms with Crippen LogP contribution in [0.3, 0.4) is 0 Å². The predicted molar refractivity (Wildman–Crippen MR) is 123 cm³/mol. The summed E-state index contributed by atoms with van der Waals surface area (Å²) < 4.78 is 7.27. The van der Waals surface area contributed by atoms with Gasteiger partial charge in [0.2, 0.25) is 5.91 Å². The Labute approximate surface area is 191 Å². The number of nitrogens with zero attached hydrogens (tertiary/aromatic N) is 4. The van der Waals surface area contributed by atoms with Crippen LogP contribution in [0.1, 0.15) is 24.6 Å². The number of ether oxygens (including phenoxy) is 1. The monoisotopic (exact) mass is 454 g/mol. The summed E-state index contributed by atoms with van der Waals surface area (Å²) in [4.78, 5) is 41.7. The van der Waals surface area contributed by atoms with Crippen LogP contribution in [0.15, 0.2) is 23.0 Å². The van der Waals surface area contributed by atoms with E-state index >= 15 is 0 Å². The van der Waals surface area contributed by atoms with Crippen LogP contribution in [0.4, 0.5) is 5.69 Å². The number of aromatic nitrogens is 2. The number of benzene rings is 1. The Hall–Kier alpha value is -2.82. The maximum Gasteiger partial charge on any atom is 0.275 e. The summed E-state index contributed by atoms with van der Waals surface area (Å²) in [6.07, 6.45) is 0.627. The van der Waals surface area contributed by atoms with E-state index in [-0.39, 0.29) is 30.4 Å². The Bertz CT molecular complexity index is 1130. The molecule has 0 aliphatic carbocycles. The Balaban J connectivity index is 1.38. The van der Waals surface area contributed by atoms with E-state index in [1.54, 1.807) is 0 Å². The SMILES string of the molecule is Cc1nn(C2CCC(=O)NC2=O)c(=O)c2ccc(N3CCO[C@H](CN4CCNCC4)C3)cc12. The number of carbonyl (C=O) groups excluding carboxylic acids is 2. The molecule has 4 heterocycles. The van der Waals surface area contributed by atoms with Crippen molar-refractivity contribution in [2.75, 3.05) is 57.3 Å². The van der Waals surface area contributed by atoms with Gasteiger partial charge >= 0.3 is 0 Å².